The van der Waals surface area contributed by atoms with Crippen molar-refractivity contribution in [2.75, 3.05) is 0 Å². The maximum atomic E-state index is 13.2. The number of fused-ring (bicyclic) bond motifs is 1. The van der Waals surface area contributed by atoms with Crippen LogP contribution in [0.2, 0.25) is 0 Å². The number of para-hydroxylation sites is 1. The third-order valence-corrected chi connectivity index (χ3v) is 5.12. The number of aromatic nitrogens is 1. The first-order valence-electron chi connectivity index (χ1n) is 9.69. The minimum Gasteiger partial charge on any atom is -0.368 e. The number of nitrogens with two attached hydrogens (primary N) is 1. The Morgan fingerprint density at radius 1 is 0.767 bits per heavy atom. The lowest BCUT2D eigenvalue weighted by Crippen LogP contribution is -2.48. The molecule has 30 heavy (non-hydrogen) atoms. The van der Waals surface area contributed by atoms with Gasteiger partial charge in [0.25, 0.3) is 5.91 Å². The van der Waals surface area contributed by atoms with E-state index in [2.05, 4.69) is 10.3 Å². The average Bonchev–Trinajstić information content (AvgIpc) is 2.79. The molecule has 0 fully saturated rings. The van der Waals surface area contributed by atoms with Crippen LogP contribution in [0, 0.1) is 0 Å². The van der Waals surface area contributed by atoms with E-state index < -0.39 is 17.9 Å². The largest absolute Gasteiger partial charge is 0.368 e. The normalized spacial score (nSPS) is 11.9. The van der Waals surface area contributed by atoms with Gasteiger partial charge in [0.15, 0.2) is 0 Å². The molecule has 0 unspecified atom stereocenters. The second kappa shape index (κ2) is 8.57. The highest BCUT2D eigenvalue weighted by Gasteiger charge is 2.31. The molecule has 0 aliphatic heterocycles. The van der Waals surface area contributed by atoms with Crippen LogP contribution in [0.25, 0.3) is 10.9 Å². The first kappa shape index (κ1) is 19.3. The molecular weight excluding hydrogens is 374 g/mol. The van der Waals surface area contributed by atoms with Gasteiger partial charge in [0.05, 0.1) is 11.1 Å². The minimum absolute atomic E-state index is 0.389. The number of pyridine rings is 1. The molecular formula is C25H21N3O2. The smallest absolute Gasteiger partial charge is 0.254 e. The molecule has 1 atom stereocenters. The summed E-state index contributed by atoms with van der Waals surface area (Å²) in [6.07, 6.45) is 1.64. The Kier molecular flexibility index (Phi) is 5.52. The quantitative estimate of drug-likeness (QED) is 0.523. The maximum absolute atomic E-state index is 13.2. The Morgan fingerprint density at radius 2 is 1.37 bits per heavy atom. The van der Waals surface area contributed by atoms with Crippen molar-refractivity contribution in [1.29, 1.82) is 0 Å². The number of hydrogen-bond acceptors (Lipinski definition) is 3. The lowest BCUT2D eigenvalue weighted by atomic mass is 9.84. The summed E-state index contributed by atoms with van der Waals surface area (Å²) in [5.74, 6) is -1.41. The molecule has 0 radical (unpaired) electrons. The van der Waals surface area contributed by atoms with E-state index in [4.69, 9.17) is 5.73 Å². The summed E-state index contributed by atoms with van der Waals surface area (Å²) in [6.45, 7) is 0. The van der Waals surface area contributed by atoms with Gasteiger partial charge in [-0.1, -0.05) is 78.9 Å². The fourth-order valence-corrected chi connectivity index (χ4v) is 3.72. The fourth-order valence-electron chi connectivity index (χ4n) is 3.72. The Labute approximate surface area is 174 Å². The highest BCUT2D eigenvalue weighted by molar-refractivity contribution is 6.06. The van der Waals surface area contributed by atoms with E-state index in [9.17, 15) is 9.59 Å². The summed E-state index contributed by atoms with van der Waals surface area (Å²) in [5.41, 5.74) is 8.55. The summed E-state index contributed by atoms with van der Waals surface area (Å²) in [7, 11) is 0. The van der Waals surface area contributed by atoms with Crippen LogP contribution in [-0.2, 0) is 4.79 Å². The van der Waals surface area contributed by atoms with Crippen molar-refractivity contribution in [3.05, 3.63) is 114 Å². The third-order valence-electron chi connectivity index (χ3n) is 5.12. The number of nitrogens with one attached hydrogen (secondary N) is 1. The SMILES string of the molecule is NC(=O)[C@H](NC(=O)c1cccc2cccnc12)C(c1ccccc1)c1ccccc1. The van der Waals surface area contributed by atoms with E-state index in [1.54, 1.807) is 18.3 Å². The van der Waals surface area contributed by atoms with Crippen LogP contribution in [0.3, 0.4) is 0 Å². The molecule has 0 bridgehead atoms. The number of carbonyl (C=O) groups is 2. The average molecular weight is 395 g/mol. The Balaban J connectivity index is 1.75. The molecule has 2 amide bonds. The Hall–Kier alpha value is -3.99. The predicted octanol–water partition coefficient (Wildman–Crippen LogP) is 3.65. The van der Waals surface area contributed by atoms with Crippen molar-refractivity contribution >= 4 is 22.7 Å². The van der Waals surface area contributed by atoms with Gasteiger partial charge >= 0.3 is 0 Å². The second-order valence-corrected chi connectivity index (χ2v) is 7.03. The molecule has 3 N–H and O–H groups in total. The van der Waals surface area contributed by atoms with Gasteiger partial charge in [-0.25, -0.2) is 0 Å². The molecule has 3 aromatic carbocycles. The van der Waals surface area contributed by atoms with Crippen LogP contribution in [-0.4, -0.2) is 22.8 Å². The van der Waals surface area contributed by atoms with Gasteiger partial charge in [0, 0.05) is 17.5 Å². The molecule has 0 aliphatic rings. The molecule has 0 saturated heterocycles. The van der Waals surface area contributed by atoms with Gasteiger partial charge in [0.2, 0.25) is 5.91 Å². The van der Waals surface area contributed by atoms with Gasteiger partial charge in [-0.2, -0.15) is 0 Å². The monoisotopic (exact) mass is 395 g/mol. The van der Waals surface area contributed by atoms with Crippen molar-refractivity contribution in [2.24, 2.45) is 5.73 Å². The zero-order chi connectivity index (χ0) is 20.9. The third kappa shape index (κ3) is 3.91. The van der Waals surface area contributed by atoms with Crippen LogP contribution in [0.5, 0.6) is 0 Å². The zero-order valence-electron chi connectivity index (χ0n) is 16.2. The second-order valence-electron chi connectivity index (χ2n) is 7.03. The molecule has 4 aromatic rings. The minimum atomic E-state index is -0.929. The van der Waals surface area contributed by atoms with Crippen LogP contribution in [0.15, 0.2) is 97.2 Å². The summed E-state index contributed by atoms with van der Waals surface area (Å²) in [6, 6.07) is 27.3. The molecule has 5 heteroatoms. The van der Waals surface area contributed by atoms with Crippen LogP contribution in [0.1, 0.15) is 27.4 Å². The van der Waals surface area contributed by atoms with E-state index in [-0.39, 0.29) is 5.91 Å². The predicted molar refractivity (Wildman–Crippen MR) is 117 cm³/mol. The number of nitrogens with zero attached hydrogens (tertiary/aromatic N) is 1. The van der Waals surface area contributed by atoms with Gasteiger partial charge in [-0.05, 0) is 23.3 Å². The van der Waals surface area contributed by atoms with Crippen molar-refractivity contribution < 1.29 is 9.59 Å². The summed E-state index contributed by atoms with van der Waals surface area (Å²) in [5, 5.41) is 3.72. The topological polar surface area (TPSA) is 85.1 Å². The van der Waals surface area contributed by atoms with Crippen LogP contribution < -0.4 is 11.1 Å². The number of primary amides is 1. The van der Waals surface area contributed by atoms with Gasteiger partial charge in [-0.3, -0.25) is 14.6 Å². The van der Waals surface area contributed by atoms with Crippen molar-refractivity contribution in [1.82, 2.24) is 10.3 Å². The number of carbonyl (C=O) groups excluding carboxylic acids is 2. The highest BCUT2D eigenvalue weighted by atomic mass is 16.2. The maximum Gasteiger partial charge on any atom is 0.254 e. The standard InChI is InChI=1S/C25H21N3O2/c26-24(29)23(21(17-9-3-1-4-10-17)18-11-5-2-6-12-18)28-25(30)20-15-7-13-19-14-8-16-27-22(19)20/h1-16,21,23H,(H2,26,29)(H,28,30)/t23-/m1/s1. The highest BCUT2D eigenvalue weighted by Crippen LogP contribution is 2.28. The van der Waals surface area contributed by atoms with E-state index in [1.165, 1.54) is 0 Å². The van der Waals surface area contributed by atoms with Gasteiger partial charge in [-0.15, -0.1) is 0 Å². The van der Waals surface area contributed by atoms with Crippen molar-refractivity contribution in [3.63, 3.8) is 0 Å². The number of hydrogen-bond donors (Lipinski definition) is 2. The van der Waals surface area contributed by atoms with Gasteiger partial charge < -0.3 is 11.1 Å². The van der Waals surface area contributed by atoms with Crippen LogP contribution >= 0.6 is 0 Å². The van der Waals surface area contributed by atoms with E-state index in [1.807, 2.05) is 78.9 Å². The number of rotatable bonds is 6. The number of benzene rings is 3. The zero-order valence-corrected chi connectivity index (χ0v) is 16.2. The van der Waals surface area contributed by atoms with Crippen molar-refractivity contribution in [3.8, 4) is 0 Å². The molecule has 1 heterocycles. The Morgan fingerprint density at radius 3 is 1.97 bits per heavy atom. The first-order valence-corrected chi connectivity index (χ1v) is 9.69. The van der Waals surface area contributed by atoms with E-state index in [0.717, 1.165) is 16.5 Å². The summed E-state index contributed by atoms with van der Waals surface area (Å²) < 4.78 is 0. The first-order chi connectivity index (χ1) is 14.6. The molecule has 0 spiro atoms. The fraction of sp³-hybridized carbons (Fsp3) is 0.0800. The van der Waals surface area contributed by atoms with Crippen molar-refractivity contribution in [2.45, 2.75) is 12.0 Å². The molecule has 0 saturated carbocycles. The van der Waals surface area contributed by atoms with E-state index >= 15 is 0 Å². The lowest BCUT2D eigenvalue weighted by Gasteiger charge is -2.27. The summed E-state index contributed by atoms with van der Waals surface area (Å²) >= 11 is 0. The number of amides is 2. The molecule has 5 nitrogen and oxygen atoms in total. The molecule has 0 aliphatic carbocycles. The molecule has 4 rings (SSSR count). The lowest BCUT2D eigenvalue weighted by molar-refractivity contribution is -0.120. The molecule has 148 valence electrons. The summed E-state index contributed by atoms with van der Waals surface area (Å²) in [4.78, 5) is 30.0. The Bertz CT molecular complexity index is 1130. The van der Waals surface area contributed by atoms with Gasteiger partial charge in [0.1, 0.15) is 6.04 Å². The molecule has 1 aromatic heterocycles. The van der Waals surface area contributed by atoms with Crippen LogP contribution in [0.4, 0.5) is 0 Å². The van der Waals surface area contributed by atoms with E-state index in [0.29, 0.717) is 11.1 Å².